The molecule has 0 spiro atoms. The van der Waals surface area contributed by atoms with Gasteiger partial charge in [-0.2, -0.15) is 13.2 Å². The molecule has 1 aliphatic rings. The lowest BCUT2D eigenvalue weighted by molar-refractivity contribution is -0.152. The zero-order valence-corrected chi connectivity index (χ0v) is 12.9. The Kier molecular flexibility index (Phi) is 4.39. The lowest BCUT2D eigenvalue weighted by atomic mass is 9.86. The van der Waals surface area contributed by atoms with Crippen LogP contribution >= 0.6 is 11.3 Å². The van der Waals surface area contributed by atoms with Crippen molar-refractivity contribution in [3.05, 3.63) is 40.9 Å². The van der Waals surface area contributed by atoms with Gasteiger partial charge in [0.1, 0.15) is 11.6 Å². The van der Waals surface area contributed by atoms with E-state index in [1.165, 1.54) is 23.5 Å². The molecule has 3 rings (SSSR count). The van der Waals surface area contributed by atoms with Crippen molar-refractivity contribution in [1.82, 2.24) is 4.98 Å². The molecular formula is C16H14F3NO2S. The van der Waals surface area contributed by atoms with Gasteiger partial charge in [0.25, 0.3) is 0 Å². The molecule has 1 aliphatic carbocycles. The van der Waals surface area contributed by atoms with Gasteiger partial charge < -0.3 is 4.74 Å². The molecule has 1 fully saturated rings. The first-order valence-electron chi connectivity index (χ1n) is 7.22. The number of hydrogen-bond donors (Lipinski definition) is 0. The maximum atomic E-state index is 12.5. The number of ether oxygens (including phenoxy) is 1. The molecule has 23 heavy (non-hydrogen) atoms. The molecule has 0 unspecified atom stereocenters. The number of carbonyl (C=O) groups is 1. The number of benzene rings is 1. The van der Waals surface area contributed by atoms with Crippen molar-refractivity contribution in [1.29, 1.82) is 0 Å². The fourth-order valence-corrected chi connectivity index (χ4v) is 3.03. The van der Waals surface area contributed by atoms with Crippen LogP contribution < -0.4 is 0 Å². The van der Waals surface area contributed by atoms with Gasteiger partial charge in [0, 0.05) is 10.9 Å². The summed E-state index contributed by atoms with van der Waals surface area (Å²) in [6.07, 6.45) is -1.52. The number of nitrogens with zero attached hydrogens (tertiary/aromatic N) is 1. The smallest absolute Gasteiger partial charge is 0.416 e. The highest BCUT2D eigenvalue weighted by atomic mass is 32.1. The highest BCUT2D eigenvalue weighted by molar-refractivity contribution is 7.13. The molecule has 0 bridgehead atoms. The van der Waals surface area contributed by atoms with E-state index in [-0.39, 0.29) is 18.5 Å². The van der Waals surface area contributed by atoms with Crippen LogP contribution in [0.25, 0.3) is 10.6 Å². The third-order valence-corrected chi connectivity index (χ3v) is 4.75. The van der Waals surface area contributed by atoms with Gasteiger partial charge in [0.05, 0.1) is 17.2 Å². The molecule has 0 aliphatic heterocycles. The molecule has 122 valence electrons. The van der Waals surface area contributed by atoms with Crippen LogP contribution in [0.4, 0.5) is 13.2 Å². The van der Waals surface area contributed by atoms with Gasteiger partial charge in [-0.25, -0.2) is 4.98 Å². The van der Waals surface area contributed by atoms with Crippen LogP contribution in [-0.2, 0) is 22.3 Å². The molecule has 1 aromatic heterocycles. The first kappa shape index (κ1) is 16.0. The molecule has 2 aromatic rings. The second-order valence-electron chi connectivity index (χ2n) is 5.45. The second-order valence-corrected chi connectivity index (χ2v) is 6.31. The molecular weight excluding hydrogens is 327 g/mol. The molecule has 1 heterocycles. The number of carbonyl (C=O) groups excluding carboxylic acids is 1. The molecule has 0 radical (unpaired) electrons. The van der Waals surface area contributed by atoms with Crippen LogP contribution in [0.15, 0.2) is 29.6 Å². The molecule has 1 saturated carbocycles. The maximum Gasteiger partial charge on any atom is 0.416 e. The first-order chi connectivity index (χ1) is 10.9. The number of hydrogen-bond acceptors (Lipinski definition) is 4. The minimum Gasteiger partial charge on any atom is -0.459 e. The highest BCUT2D eigenvalue weighted by Gasteiger charge is 2.30. The quantitative estimate of drug-likeness (QED) is 0.759. The number of alkyl halides is 3. The molecule has 7 heteroatoms. The zero-order valence-electron chi connectivity index (χ0n) is 12.1. The lowest BCUT2D eigenvalue weighted by Gasteiger charge is -2.22. The average molecular weight is 341 g/mol. The van der Waals surface area contributed by atoms with E-state index >= 15 is 0 Å². The highest BCUT2D eigenvalue weighted by Crippen LogP contribution is 2.32. The van der Waals surface area contributed by atoms with Gasteiger partial charge in [-0.05, 0) is 25.0 Å². The maximum absolute atomic E-state index is 12.5. The Balaban J connectivity index is 1.63. The van der Waals surface area contributed by atoms with Gasteiger partial charge in [-0.15, -0.1) is 11.3 Å². The van der Waals surface area contributed by atoms with Crippen LogP contribution in [-0.4, -0.2) is 11.0 Å². The minimum absolute atomic E-state index is 0.0167. The van der Waals surface area contributed by atoms with Crippen LogP contribution in [0.1, 0.15) is 30.5 Å². The average Bonchev–Trinajstić information content (AvgIpc) is 2.91. The van der Waals surface area contributed by atoms with Crippen LogP contribution in [0, 0.1) is 5.92 Å². The van der Waals surface area contributed by atoms with Crippen molar-refractivity contribution in [3.63, 3.8) is 0 Å². The van der Waals surface area contributed by atoms with E-state index in [0.717, 1.165) is 31.4 Å². The predicted octanol–water partition coefficient (Wildman–Crippen LogP) is 4.67. The van der Waals surface area contributed by atoms with Crippen molar-refractivity contribution in [2.75, 3.05) is 0 Å². The van der Waals surface area contributed by atoms with Gasteiger partial charge in [0.2, 0.25) is 0 Å². The number of rotatable bonds is 4. The topological polar surface area (TPSA) is 39.2 Å². The Morgan fingerprint density at radius 2 is 1.96 bits per heavy atom. The summed E-state index contributed by atoms with van der Waals surface area (Å²) in [6.45, 7) is 0.104. The third-order valence-electron chi connectivity index (χ3n) is 3.81. The van der Waals surface area contributed by atoms with Crippen LogP contribution in [0.2, 0.25) is 0 Å². The van der Waals surface area contributed by atoms with Crippen molar-refractivity contribution in [2.24, 2.45) is 5.92 Å². The molecule has 0 saturated heterocycles. The molecule has 0 atom stereocenters. The van der Waals surface area contributed by atoms with Crippen molar-refractivity contribution in [2.45, 2.75) is 32.0 Å². The van der Waals surface area contributed by atoms with Gasteiger partial charge in [-0.3, -0.25) is 4.79 Å². The molecule has 1 aromatic carbocycles. The second kappa shape index (κ2) is 6.31. The standard InChI is InChI=1S/C16H14F3NO2S/c17-16(18,19)12-6-4-10(5-7-12)14-20-13(9-23-14)8-22-15(21)11-2-1-3-11/h4-7,9,11H,1-3,8H2. The van der Waals surface area contributed by atoms with E-state index in [4.69, 9.17) is 4.74 Å². The summed E-state index contributed by atoms with van der Waals surface area (Å²) >= 11 is 1.31. The summed E-state index contributed by atoms with van der Waals surface area (Å²) in [4.78, 5) is 16.0. The Labute approximate surface area is 135 Å². The molecule has 0 N–H and O–H groups in total. The van der Waals surface area contributed by atoms with E-state index in [2.05, 4.69) is 4.98 Å². The van der Waals surface area contributed by atoms with Gasteiger partial charge in [0.15, 0.2) is 0 Å². The summed E-state index contributed by atoms with van der Waals surface area (Å²) in [5.41, 5.74) is 0.532. The SMILES string of the molecule is O=C(OCc1csc(-c2ccc(C(F)(F)F)cc2)n1)C1CCC1. The summed E-state index contributed by atoms with van der Waals surface area (Å²) < 4.78 is 42.8. The predicted molar refractivity (Wildman–Crippen MR) is 79.7 cm³/mol. The van der Waals surface area contributed by atoms with Gasteiger partial charge in [-0.1, -0.05) is 18.6 Å². The summed E-state index contributed by atoms with van der Waals surface area (Å²) in [7, 11) is 0. The van der Waals surface area contributed by atoms with E-state index < -0.39 is 11.7 Å². The van der Waals surface area contributed by atoms with E-state index in [9.17, 15) is 18.0 Å². The minimum atomic E-state index is -4.34. The lowest BCUT2D eigenvalue weighted by Crippen LogP contribution is -2.23. The molecule has 3 nitrogen and oxygen atoms in total. The van der Waals surface area contributed by atoms with Crippen molar-refractivity contribution in [3.8, 4) is 10.6 Å². The van der Waals surface area contributed by atoms with Crippen LogP contribution in [0.3, 0.4) is 0 Å². The zero-order chi connectivity index (χ0) is 16.4. The first-order valence-corrected chi connectivity index (χ1v) is 8.10. The Hall–Kier alpha value is -1.89. The Morgan fingerprint density at radius 3 is 2.52 bits per heavy atom. The number of aromatic nitrogens is 1. The van der Waals surface area contributed by atoms with Gasteiger partial charge >= 0.3 is 12.1 Å². The largest absolute Gasteiger partial charge is 0.459 e. The normalized spacial score (nSPS) is 15.3. The summed E-state index contributed by atoms with van der Waals surface area (Å²) in [6, 6.07) is 4.86. The van der Waals surface area contributed by atoms with E-state index in [1.54, 1.807) is 5.38 Å². The van der Waals surface area contributed by atoms with Crippen molar-refractivity contribution < 1.29 is 22.7 Å². The Morgan fingerprint density at radius 1 is 1.26 bits per heavy atom. The number of thiazole rings is 1. The fourth-order valence-electron chi connectivity index (χ4n) is 2.21. The van der Waals surface area contributed by atoms with E-state index in [1.807, 2.05) is 0 Å². The third kappa shape index (κ3) is 3.72. The number of halogens is 3. The fraction of sp³-hybridized carbons (Fsp3) is 0.375. The number of esters is 1. The summed E-state index contributed by atoms with van der Waals surface area (Å²) in [5.74, 6) is -0.177. The van der Waals surface area contributed by atoms with Crippen molar-refractivity contribution >= 4 is 17.3 Å². The molecule has 0 amide bonds. The van der Waals surface area contributed by atoms with E-state index in [0.29, 0.717) is 16.3 Å². The summed E-state index contributed by atoms with van der Waals surface area (Å²) in [5, 5.41) is 2.36. The Bertz CT molecular complexity index is 690. The van der Waals surface area contributed by atoms with Crippen LogP contribution in [0.5, 0.6) is 0 Å². The monoisotopic (exact) mass is 341 g/mol.